The van der Waals surface area contributed by atoms with Crippen molar-refractivity contribution in [3.05, 3.63) is 52.3 Å². The van der Waals surface area contributed by atoms with Crippen molar-refractivity contribution in [2.45, 2.75) is 18.7 Å². The van der Waals surface area contributed by atoms with Crippen LogP contribution < -0.4 is 10.5 Å². The summed E-state index contributed by atoms with van der Waals surface area (Å²) < 4.78 is 40.5. The zero-order valence-corrected chi connectivity index (χ0v) is 13.0. The first-order valence-electron chi connectivity index (χ1n) is 6.04. The number of rotatable bonds is 3. The highest BCUT2D eigenvalue weighted by Crippen LogP contribution is 2.26. The highest BCUT2D eigenvalue weighted by Gasteiger charge is 2.20. The Morgan fingerprint density at radius 2 is 1.67 bits per heavy atom. The first-order valence-corrected chi connectivity index (χ1v) is 7.91. The Hall–Kier alpha value is -1.79. The molecule has 0 atom stereocenters. The molecule has 0 spiro atoms. The molecule has 3 N–H and O–H groups in total. The van der Waals surface area contributed by atoms with Gasteiger partial charge in [0.25, 0.3) is 10.0 Å². The van der Waals surface area contributed by atoms with Crippen LogP contribution in [-0.2, 0) is 10.0 Å². The van der Waals surface area contributed by atoms with Crippen molar-refractivity contribution in [3.8, 4) is 0 Å². The maximum atomic E-state index is 13.3. The van der Waals surface area contributed by atoms with Gasteiger partial charge < -0.3 is 5.73 Å². The van der Waals surface area contributed by atoms with Crippen LogP contribution in [0.2, 0.25) is 5.02 Å². The van der Waals surface area contributed by atoms with Gasteiger partial charge in [0, 0.05) is 10.7 Å². The molecule has 0 saturated heterocycles. The molecule has 21 heavy (non-hydrogen) atoms. The maximum absolute atomic E-state index is 13.3. The molecule has 0 fully saturated rings. The average molecular weight is 329 g/mol. The third-order valence-corrected chi connectivity index (χ3v) is 4.77. The Morgan fingerprint density at radius 3 is 2.19 bits per heavy atom. The van der Waals surface area contributed by atoms with Crippen LogP contribution in [0, 0.1) is 19.7 Å². The van der Waals surface area contributed by atoms with Gasteiger partial charge in [-0.2, -0.15) is 0 Å². The van der Waals surface area contributed by atoms with Crippen LogP contribution in [-0.4, -0.2) is 8.42 Å². The van der Waals surface area contributed by atoms with E-state index in [-0.39, 0.29) is 15.6 Å². The van der Waals surface area contributed by atoms with E-state index in [0.29, 0.717) is 16.8 Å². The second-order valence-electron chi connectivity index (χ2n) is 4.75. The second kappa shape index (κ2) is 5.54. The topological polar surface area (TPSA) is 72.2 Å². The summed E-state index contributed by atoms with van der Waals surface area (Å²) in [7, 11) is -3.86. The van der Waals surface area contributed by atoms with Crippen LogP contribution in [0.5, 0.6) is 0 Å². The van der Waals surface area contributed by atoms with Crippen molar-refractivity contribution in [2.75, 3.05) is 10.5 Å². The molecule has 0 heterocycles. The lowest BCUT2D eigenvalue weighted by Gasteiger charge is -2.14. The second-order valence-corrected chi connectivity index (χ2v) is 6.80. The van der Waals surface area contributed by atoms with Gasteiger partial charge >= 0.3 is 0 Å². The molecule has 0 amide bonds. The van der Waals surface area contributed by atoms with E-state index in [1.807, 2.05) is 0 Å². The van der Waals surface area contributed by atoms with Crippen LogP contribution in [0.25, 0.3) is 0 Å². The summed E-state index contributed by atoms with van der Waals surface area (Å²) in [6, 6.07) is 6.63. The number of anilines is 2. The number of halogens is 2. The van der Waals surface area contributed by atoms with E-state index in [2.05, 4.69) is 4.72 Å². The number of benzene rings is 2. The maximum Gasteiger partial charge on any atom is 0.262 e. The number of hydrogen-bond donors (Lipinski definition) is 2. The molecule has 7 heteroatoms. The first kappa shape index (κ1) is 15.6. The van der Waals surface area contributed by atoms with E-state index in [9.17, 15) is 12.8 Å². The molecule has 4 nitrogen and oxygen atoms in total. The number of nitrogen functional groups attached to an aromatic ring is 1. The summed E-state index contributed by atoms with van der Waals surface area (Å²) in [4.78, 5) is 0.122. The third kappa shape index (κ3) is 3.46. The van der Waals surface area contributed by atoms with Crippen LogP contribution >= 0.6 is 11.6 Å². The number of hydrogen-bond acceptors (Lipinski definition) is 3. The minimum atomic E-state index is -3.86. The predicted molar refractivity (Wildman–Crippen MR) is 82.5 cm³/mol. The fourth-order valence-corrected chi connectivity index (χ4v) is 3.94. The fraction of sp³-hybridized carbons (Fsp3) is 0.143. The van der Waals surface area contributed by atoms with Crippen molar-refractivity contribution < 1.29 is 12.8 Å². The standard InChI is InChI=1S/C14H14ClFN2O2S/c1-8-3-12(17)4-9(2)14(8)21(19,20)18-13-6-10(15)5-11(16)7-13/h3-7,18H,17H2,1-2H3. The van der Waals surface area contributed by atoms with Crippen LogP contribution in [0.1, 0.15) is 11.1 Å². The molecule has 2 aromatic carbocycles. The number of nitrogens with two attached hydrogens (primary N) is 1. The van der Waals surface area contributed by atoms with Gasteiger partial charge in [0.05, 0.1) is 10.6 Å². The van der Waals surface area contributed by atoms with Crippen molar-refractivity contribution in [1.29, 1.82) is 0 Å². The van der Waals surface area contributed by atoms with Gasteiger partial charge in [0.1, 0.15) is 5.82 Å². The first-order chi connectivity index (χ1) is 9.69. The van der Waals surface area contributed by atoms with E-state index >= 15 is 0 Å². The summed E-state index contributed by atoms with van der Waals surface area (Å²) in [5.74, 6) is -0.619. The SMILES string of the molecule is Cc1cc(N)cc(C)c1S(=O)(=O)Nc1cc(F)cc(Cl)c1. The number of sulfonamides is 1. The van der Waals surface area contributed by atoms with E-state index < -0.39 is 15.8 Å². The molecule has 0 aliphatic heterocycles. The van der Waals surface area contributed by atoms with Gasteiger partial charge in [-0.15, -0.1) is 0 Å². The molecule has 0 radical (unpaired) electrons. The zero-order valence-electron chi connectivity index (χ0n) is 11.4. The Bertz CT molecular complexity index is 763. The van der Waals surface area contributed by atoms with Crippen molar-refractivity contribution >= 4 is 33.0 Å². The molecule has 2 rings (SSSR count). The van der Waals surface area contributed by atoms with Gasteiger partial charge in [-0.05, 0) is 55.3 Å². The molecule has 2 aromatic rings. The van der Waals surface area contributed by atoms with Gasteiger partial charge in [0.15, 0.2) is 0 Å². The van der Waals surface area contributed by atoms with E-state index in [0.717, 1.165) is 12.1 Å². The summed E-state index contributed by atoms with van der Waals surface area (Å²) in [5, 5.41) is 0.110. The lowest BCUT2D eigenvalue weighted by molar-refractivity contribution is 0.600. The van der Waals surface area contributed by atoms with E-state index in [1.54, 1.807) is 26.0 Å². The van der Waals surface area contributed by atoms with Crippen molar-refractivity contribution in [3.63, 3.8) is 0 Å². The quantitative estimate of drug-likeness (QED) is 0.847. The molecular weight excluding hydrogens is 315 g/mol. The minimum Gasteiger partial charge on any atom is -0.399 e. The lowest BCUT2D eigenvalue weighted by Crippen LogP contribution is -2.16. The molecule has 0 aliphatic rings. The smallest absolute Gasteiger partial charge is 0.262 e. The highest BCUT2D eigenvalue weighted by atomic mass is 35.5. The molecular formula is C14H14ClFN2O2S. The molecule has 0 saturated carbocycles. The normalized spacial score (nSPS) is 11.4. The predicted octanol–water partition coefficient (Wildman–Crippen LogP) is 3.48. The molecule has 0 aliphatic carbocycles. The lowest BCUT2D eigenvalue weighted by atomic mass is 10.1. The third-order valence-electron chi connectivity index (χ3n) is 2.87. The van der Waals surface area contributed by atoms with Crippen molar-refractivity contribution in [2.24, 2.45) is 0 Å². The monoisotopic (exact) mass is 328 g/mol. The van der Waals surface area contributed by atoms with E-state index in [1.165, 1.54) is 6.07 Å². The Balaban J connectivity index is 2.48. The molecule has 0 bridgehead atoms. The molecule has 112 valence electrons. The summed E-state index contributed by atoms with van der Waals surface area (Å²) >= 11 is 5.72. The average Bonchev–Trinajstić information content (AvgIpc) is 2.23. The van der Waals surface area contributed by atoms with Gasteiger partial charge in [-0.1, -0.05) is 11.6 Å². The Morgan fingerprint density at radius 1 is 1.10 bits per heavy atom. The van der Waals surface area contributed by atoms with Crippen LogP contribution in [0.3, 0.4) is 0 Å². The van der Waals surface area contributed by atoms with Crippen LogP contribution in [0.15, 0.2) is 35.2 Å². The van der Waals surface area contributed by atoms with Gasteiger partial charge in [-0.3, -0.25) is 4.72 Å². The molecule has 0 unspecified atom stereocenters. The Labute approximate surface area is 127 Å². The summed E-state index contributed by atoms with van der Waals surface area (Å²) in [6.45, 7) is 3.30. The van der Waals surface area contributed by atoms with Crippen LogP contribution in [0.4, 0.5) is 15.8 Å². The zero-order chi connectivity index (χ0) is 15.8. The highest BCUT2D eigenvalue weighted by molar-refractivity contribution is 7.92. The number of aryl methyl sites for hydroxylation is 2. The van der Waals surface area contributed by atoms with Gasteiger partial charge in [0.2, 0.25) is 0 Å². The van der Waals surface area contributed by atoms with Gasteiger partial charge in [-0.25, -0.2) is 12.8 Å². The summed E-state index contributed by atoms with van der Waals surface area (Å²) in [5.41, 5.74) is 7.26. The van der Waals surface area contributed by atoms with Crippen molar-refractivity contribution in [1.82, 2.24) is 0 Å². The fourth-order valence-electron chi connectivity index (χ4n) is 2.23. The minimum absolute atomic E-state index is 0.0654. The molecule has 0 aromatic heterocycles. The number of nitrogens with one attached hydrogen (secondary N) is 1. The Kier molecular flexibility index (Phi) is 4.11. The largest absolute Gasteiger partial charge is 0.399 e. The van der Waals surface area contributed by atoms with E-state index in [4.69, 9.17) is 17.3 Å². The summed E-state index contributed by atoms with van der Waals surface area (Å²) in [6.07, 6.45) is 0.